The van der Waals surface area contributed by atoms with Crippen molar-refractivity contribution in [3.8, 4) is 11.5 Å². The number of methoxy groups -OCH3 is 2. The first-order chi connectivity index (χ1) is 13.7. The van der Waals surface area contributed by atoms with Crippen molar-refractivity contribution in [3.05, 3.63) is 48.0 Å². The van der Waals surface area contributed by atoms with Gasteiger partial charge in [0.2, 0.25) is 0 Å². The predicted octanol–water partition coefficient (Wildman–Crippen LogP) is 3.24. The Hall–Kier alpha value is -2.73. The molecule has 1 aliphatic carbocycles. The smallest absolute Gasteiger partial charge is 0.263 e. The molecule has 2 aromatic rings. The molecule has 4 rings (SSSR count). The maximum Gasteiger partial charge on any atom is 0.263 e. The van der Waals surface area contributed by atoms with Gasteiger partial charge in [-0.2, -0.15) is 0 Å². The van der Waals surface area contributed by atoms with Crippen molar-refractivity contribution in [2.75, 3.05) is 50.6 Å². The number of hydrogen-bond acceptors (Lipinski definition) is 5. The van der Waals surface area contributed by atoms with Gasteiger partial charge in [0.1, 0.15) is 17.1 Å². The summed E-state index contributed by atoms with van der Waals surface area (Å²) in [5.41, 5.74) is 2.34. The zero-order valence-electron chi connectivity index (χ0n) is 16.5. The predicted molar refractivity (Wildman–Crippen MR) is 111 cm³/mol. The molecule has 1 saturated heterocycles. The van der Waals surface area contributed by atoms with Crippen LogP contribution in [-0.4, -0.2) is 57.2 Å². The van der Waals surface area contributed by atoms with Crippen molar-refractivity contribution < 1.29 is 14.3 Å². The number of rotatable bonds is 6. The molecule has 6 heteroatoms. The molecule has 2 fully saturated rings. The first-order valence-electron chi connectivity index (χ1n) is 9.81. The SMILES string of the molecule is COc1cccc(OC)c1C(=O)Nc1ccc(N2CCN(C3CC3)CC2)cc1. The quantitative estimate of drug-likeness (QED) is 0.833. The lowest BCUT2D eigenvalue weighted by Crippen LogP contribution is -2.47. The lowest BCUT2D eigenvalue weighted by molar-refractivity contribution is 0.102. The minimum atomic E-state index is -0.250. The van der Waals surface area contributed by atoms with Crippen molar-refractivity contribution in [2.45, 2.75) is 18.9 Å². The van der Waals surface area contributed by atoms with Crippen LogP contribution in [0.5, 0.6) is 11.5 Å². The summed E-state index contributed by atoms with van der Waals surface area (Å²) in [4.78, 5) is 17.8. The standard InChI is InChI=1S/C22H27N3O3/c1-27-19-4-3-5-20(28-2)21(19)22(26)23-16-6-8-17(9-7-16)24-12-14-25(15-13-24)18-10-11-18/h3-9,18H,10-15H2,1-2H3,(H,23,26). The molecule has 0 radical (unpaired) electrons. The Morgan fingerprint density at radius 2 is 1.54 bits per heavy atom. The highest BCUT2D eigenvalue weighted by atomic mass is 16.5. The molecule has 28 heavy (non-hydrogen) atoms. The first-order valence-corrected chi connectivity index (χ1v) is 9.81. The van der Waals surface area contributed by atoms with Crippen LogP contribution in [0.15, 0.2) is 42.5 Å². The van der Waals surface area contributed by atoms with E-state index in [0.717, 1.165) is 37.9 Å². The number of anilines is 2. The largest absolute Gasteiger partial charge is 0.496 e. The summed E-state index contributed by atoms with van der Waals surface area (Å²) >= 11 is 0. The monoisotopic (exact) mass is 381 g/mol. The van der Waals surface area contributed by atoms with Gasteiger partial charge < -0.3 is 19.7 Å². The zero-order valence-corrected chi connectivity index (χ0v) is 16.5. The minimum absolute atomic E-state index is 0.250. The third-order valence-corrected chi connectivity index (χ3v) is 5.52. The number of piperazine rings is 1. The van der Waals surface area contributed by atoms with E-state index >= 15 is 0 Å². The number of carbonyl (C=O) groups excluding carboxylic acids is 1. The van der Waals surface area contributed by atoms with Gasteiger partial charge >= 0.3 is 0 Å². The van der Waals surface area contributed by atoms with Crippen LogP contribution in [0.25, 0.3) is 0 Å². The fourth-order valence-electron chi connectivity index (χ4n) is 3.81. The molecule has 0 atom stereocenters. The number of nitrogens with zero attached hydrogens (tertiary/aromatic N) is 2. The van der Waals surface area contributed by atoms with E-state index in [1.165, 1.54) is 18.5 Å². The van der Waals surface area contributed by atoms with Crippen molar-refractivity contribution >= 4 is 17.3 Å². The fraction of sp³-hybridized carbons (Fsp3) is 0.409. The van der Waals surface area contributed by atoms with Gasteiger partial charge in [-0.1, -0.05) is 6.07 Å². The van der Waals surface area contributed by atoms with E-state index in [1.807, 2.05) is 12.1 Å². The van der Waals surface area contributed by atoms with Crippen molar-refractivity contribution in [1.82, 2.24) is 4.90 Å². The van der Waals surface area contributed by atoms with E-state index in [0.29, 0.717) is 17.1 Å². The van der Waals surface area contributed by atoms with Crippen LogP contribution in [0.4, 0.5) is 11.4 Å². The summed E-state index contributed by atoms with van der Waals surface area (Å²) in [6, 6.07) is 14.2. The molecule has 1 heterocycles. The van der Waals surface area contributed by atoms with E-state index in [9.17, 15) is 4.79 Å². The van der Waals surface area contributed by atoms with Crippen LogP contribution in [0, 0.1) is 0 Å². The van der Waals surface area contributed by atoms with Crippen LogP contribution in [0.1, 0.15) is 23.2 Å². The average Bonchev–Trinajstić information content (AvgIpc) is 3.59. The maximum absolute atomic E-state index is 12.8. The molecule has 1 N–H and O–H groups in total. The summed E-state index contributed by atoms with van der Waals surface area (Å²) < 4.78 is 10.6. The Morgan fingerprint density at radius 3 is 2.07 bits per heavy atom. The molecular formula is C22H27N3O3. The molecule has 2 aliphatic rings. The molecule has 0 spiro atoms. The number of carbonyl (C=O) groups is 1. The van der Waals surface area contributed by atoms with Gasteiger partial charge in [0, 0.05) is 43.6 Å². The highest BCUT2D eigenvalue weighted by Crippen LogP contribution is 2.30. The number of ether oxygens (including phenoxy) is 2. The van der Waals surface area contributed by atoms with E-state index in [-0.39, 0.29) is 5.91 Å². The van der Waals surface area contributed by atoms with Gasteiger partial charge in [-0.25, -0.2) is 0 Å². The van der Waals surface area contributed by atoms with E-state index in [4.69, 9.17) is 9.47 Å². The molecule has 1 amide bonds. The maximum atomic E-state index is 12.8. The summed E-state index contributed by atoms with van der Waals surface area (Å²) in [6.07, 6.45) is 2.73. The van der Waals surface area contributed by atoms with Crippen LogP contribution < -0.4 is 19.7 Å². The molecule has 0 aromatic heterocycles. The van der Waals surface area contributed by atoms with Crippen molar-refractivity contribution in [3.63, 3.8) is 0 Å². The van der Waals surface area contributed by atoms with Crippen LogP contribution in [0.2, 0.25) is 0 Å². The van der Waals surface area contributed by atoms with Crippen molar-refractivity contribution in [1.29, 1.82) is 0 Å². The molecule has 1 saturated carbocycles. The minimum Gasteiger partial charge on any atom is -0.496 e. The topological polar surface area (TPSA) is 54.0 Å². The number of nitrogens with one attached hydrogen (secondary N) is 1. The van der Waals surface area contributed by atoms with E-state index < -0.39 is 0 Å². The zero-order chi connectivity index (χ0) is 19.5. The summed E-state index contributed by atoms with van der Waals surface area (Å²) in [5.74, 6) is 0.726. The Kier molecular flexibility index (Phi) is 5.39. The van der Waals surface area contributed by atoms with E-state index in [2.05, 4.69) is 27.2 Å². The van der Waals surface area contributed by atoms with Gasteiger partial charge in [0.05, 0.1) is 14.2 Å². The number of amides is 1. The van der Waals surface area contributed by atoms with E-state index in [1.54, 1.807) is 32.4 Å². The molecule has 6 nitrogen and oxygen atoms in total. The lowest BCUT2D eigenvalue weighted by Gasteiger charge is -2.36. The van der Waals surface area contributed by atoms with Gasteiger partial charge in [-0.3, -0.25) is 9.69 Å². The van der Waals surface area contributed by atoms with Gasteiger partial charge in [-0.15, -0.1) is 0 Å². The first kappa shape index (κ1) is 18.6. The second kappa shape index (κ2) is 8.10. The number of hydrogen-bond donors (Lipinski definition) is 1. The number of benzene rings is 2. The van der Waals surface area contributed by atoms with Gasteiger partial charge in [0.15, 0.2) is 0 Å². The summed E-state index contributed by atoms with van der Waals surface area (Å²) in [6.45, 7) is 4.38. The van der Waals surface area contributed by atoms with Gasteiger partial charge in [0.25, 0.3) is 5.91 Å². The molecule has 148 valence electrons. The summed E-state index contributed by atoms with van der Waals surface area (Å²) in [5, 5.41) is 2.94. The van der Waals surface area contributed by atoms with Crippen LogP contribution >= 0.6 is 0 Å². The lowest BCUT2D eigenvalue weighted by atomic mass is 10.1. The Morgan fingerprint density at radius 1 is 0.929 bits per heavy atom. The average molecular weight is 381 g/mol. The Labute approximate surface area is 166 Å². The third-order valence-electron chi connectivity index (χ3n) is 5.52. The second-order valence-corrected chi connectivity index (χ2v) is 7.29. The van der Waals surface area contributed by atoms with Gasteiger partial charge in [-0.05, 0) is 49.2 Å². The Bertz CT molecular complexity index is 803. The van der Waals surface area contributed by atoms with Crippen molar-refractivity contribution in [2.24, 2.45) is 0 Å². The van der Waals surface area contributed by atoms with Crippen LogP contribution in [0.3, 0.4) is 0 Å². The van der Waals surface area contributed by atoms with Crippen LogP contribution in [-0.2, 0) is 0 Å². The normalized spacial score (nSPS) is 17.3. The molecule has 1 aliphatic heterocycles. The fourth-order valence-corrected chi connectivity index (χ4v) is 3.81. The Balaban J connectivity index is 1.41. The molecule has 2 aromatic carbocycles. The summed E-state index contributed by atoms with van der Waals surface area (Å²) in [7, 11) is 3.09. The second-order valence-electron chi connectivity index (χ2n) is 7.29. The highest BCUT2D eigenvalue weighted by molar-refractivity contribution is 6.08. The third kappa shape index (κ3) is 3.92. The molecule has 0 unspecified atom stereocenters. The highest BCUT2D eigenvalue weighted by Gasteiger charge is 2.31. The molecule has 0 bridgehead atoms. The molecular weight excluding hydrogens is 354 g/mol.